The molecule has 32 heavy (non-hydrogen) atoms. The fourth-order valence-corrected chi connectivity index (χ4v) is 13.6. The van der Waals surface area contributed by atoms with Gasteiger partial charge in [0.05, 0.1) is 0 Å². The fourth-order valence-electron chi connectivity index (χ4n) is 5.29. The molecule has 0 saturated heterocycles. The van der Waals surface area contributed by atoms with E-state index in [-0.39, 0.29) is 20.6 Å². The number of benzene rings is 2. The summed E-state index contributed by atoms with van der Waals surface area (Å²) >= 11 is 0. The van der Waals surface area contributed by atoms with E-state index in [0.717, 1.165) is 21.7 Å². The molecule has 0 amide bonds. The summed E-state index contributed by atoms with van der Waals surface area (Å²) in [7, 11) is -5.31. The largest absolute Gasteiger partial charge is 0.318 e. The van der Waals surface area contributed by atoms with Crippen LogP contribution >= 0.6 is 14.3 Å². The zero-order valence-corrected chi connectivity index (χ0v) is 24.1. The molecule has 0 aliphatic rings. The minimum Gasteiger partial charge on any atom is -0.318 e. The quantitative estimate of drug-likeness (QED) is 0.418. The molecule has 0 radical (unpaired) electrons. The summed E-state index contributed by atoms with van der Waals surface area (Å²) in [5.74, 6) is 0. The number of hydrogen-bond acceptors (Lipinski definition) is 2. The summed E-state index contributed by atoms with van der Waals surface area (Å²) in [6.07, 6.45) is 0. The maximum Gasteiger partial charge on any atom is 0.125 e. The normalized spacial score (nSPS) is 14.5. The van der Waals surface area contributed by atoms with Gasteiger partial charge in [-0.3, -0.25) is 0 Å². The molecular weight excluding hydrogens is 430 g/mol. The van der Waals surface area contributed by atoms with Crippen LogP contribution in [-0.4, -0.2) is 20.6 Å². The van der Waals surface area contributed by atoms with Gasteiger partial charge in [0.2, 0.25) is 0 Å². The van der Waals surface area contributed by atoms with Gasteiger partial charge in [-0.25, -0.2) is 0 Å². The van der Waals surface area contributed by atoms with Gasteiger partial charge < -0.3 is 9.13 Å². The van der Waals surface area contributed by atoms with Crippen molar-refractivity contribution in [3.8, 4) is 11.1 Å². The van der Waals surface area contributed by atoms with Crippen LogP contribution in [0.25, 0.3) is 11.1 Å². The van der Waals surface area contributed by atoms with Gasteiger partial charge in [0, 0.05) is 31.2 Å². The van der Waals surface area contributed by atoms with Crippen LogP contribution in [0.4, 0.5) is 0 Å². The zero-order valence-electron chi connectivity index (χ0n) is 22.3. The first-order chi connectivity index (χ1) is 14.2. The second kappa shape index (κ2) is 8.29. The lowest BCUT2D eigenvalue weighted by Gasteiger charge is -2.41. The third-order valence-electron chi connectivity index (χ3n) is 6.57. The first kappa shape index (κ1) is 27.1. The third-order valence-corrected chi connectivity index (χ3v) is 16.2. The van der Waals surface area contributed by atoms with Gasteiger partial charge in [-0.1, -0.05) is 132 Å². The van der Waals surface area contributed by atoms with Crippen LogP contribution in [0.2, 0.25) is 0 Å². The van der Waals surface area contributed by atoms with Gasteiger partial charge >= 0.3 is 0 Å². The molecule has 0 atom stereocenters. The lowest BCUT2D eigenvalue weighted by atomic mass is 10.1. The van der Waals surface area contributed by atoms with E-state index in [2.05, 4.69) is 107 Å². The summed E-state index contributed by atoms with van der Waals surface area (Å²) in [6.45, 7) is 24.9. The highest BCUT2D eigenvalue weighted by Gasteiger charge is 2.48. The van der Waals surface area contributed by atoms with Crippen molar-refractivity contribution in [1.82, 2.24) is 0 Å². The van der Waals surface area contributed by atoms with Crippen molar-refractivity contribution in [2.45, 2.75) is 104 Å². The zero-order chi connectivity index (χ0) is 25.0. The van der Waals surface area contributed by atoms with E-state index in [1.807, 2.05) is 24.3 Å². The Bertz CT molecular complexity index is 910. The Hall–Kier alpha value is -1.10. The lowest BCUT2D eigenvalue weighted by molar-refractivity contribution is 0.527. The molecule has 0 heterocycles. The molecule has 0 spiro atoms. The Morgan fingerprint density at radius 3 is 0.750 bits per heavy atom. The molecule has 0 unspecified atom stereocenters. The van der Waals surface area contributed by atoms with Crippen molar-refractivity contribution >= 4 is 24.9 Å². The smallest absolute Gasteiger partial charge is 0.125 e. The Kier molecular flexibility index (Phi) is 7.03. The van der Waals surface area contributed by atoms with Gasteiger partial charge in [0.15, 0.2) is 0 Å². The Balaban J connectivity index is 2.50. The van der Waals surface area contributed by atoms with Crippen LogP contribution in [-0.2, 0) is 9.13 Å². The fraction of sp³-hybridized carbons (Fsp3) is 0.571. The van der Waals surface area contributed by atoms with Crippen LogP contribution in [0.5, 0.6) is 0 Å². The summed E-state index contributed by atoms with van der Waals surface area (Å²) < 4.78 is 28.4. The van der Waals surface area contributed by atoms with Gasteiger partial charge in [-0.05, 0) is 11.1 Å². The van der Waals surface area contributed by atoms with E-state index in [0.29, 0.717) is 0 Å². The average molecular weight is 475 g/mol. The monoisotopic (exact) mass is 474 g/mol. The molecule has 2 nitrogen and oxygen atoms in total. The van der Waals surface area contributed by atoms with Crippen molar-refractivity contribution in [1.29, 1.82) is 0 Å². The maximum atomic E-state index is 14.2. The predicted octanol–water partition coefficient (Wildman–Crippen LogP) is 8.52. The van der Waals surface area contributed by atoms with Crippen molar-refractivity contribution < 1.29 is 9.13 Å². The highest BCUT2D eigenvalue weighted by atomic mass is 31.2. The van der Waals surface area contributed by atoms with Crippen molar-refractivity contribution in [3.63, 3.8) is 0 Å². The lowest BCUT2D eigenvalue weighted by Crippen LogP contribution is -2.35. The molecule has 0 fully saturated rings. The molecule has 178 valence electrons. The standard InChI is InChI=1S/C28H44O2P2/c1-25(2,3)31(29,26(4,5)6)23-17-13-21(14-18-23)22-15-19-24(20-16-22)32(30,27(7,8)9)28(10,11)12/h13-20H,1-12H3. The molecule has 2 aromatic rings. The topological polar surface area (TPSA) is 34.1 Å². The average Bonchev–Trinajstić information content (AvgIpc) is 2.63. The summed E-state index contributed by atoms with van der Waals surface area (Å²) in [6, 6.07) is 16.4. The molecule has 4 heteroatoms. The Labute approximate surface area is 197 Å². The third kappa shape index (κ3) is 4.48. The van der Waals surface area contributed by atoms with Crippen molar-refractivity contribution in [2.24, 2.45) is 0 Å². The summed E-state index contributed by atoms with van der Waals surface area (Å²) in [4.78, 5) is 0. The molecular formula is C28H44O2P2. The molecule has 0 aliphatic heterocycles. The first-order valence-electron chi connectivity index (χ1n) is 11.6. The minimum atomic E-state index is -2.65. The van der Waals surface area contributed by atoms with Gasteiger partial charge in [0.1, 0.15) is 14.3 Å². The van der Waals surface area contributed by atoms with Crippen LogP contribution in [0.15, 0.2) is 48.5 Å². The van der Waals surface area contributed by atoms with Crippen LogP contribution in [0, 0.1) is 0 Å². The predicted molar refractivity (Wildman–Crippen MR) is 145 cm³/mol. The van der Waals surface area contributed by atoms with E-state index < -0.39 is 14.3 Å². The maximum absolute atomic E-state index is 14.2. The van der Waals surface area contributed by atoms with Crippen LogP contribution in [0.3, 0.4) is 0 Å². The van der Waals surface area contributed by atoms with E-state index in [1.165, 1.54) is 0 Å². The van der Waals surface area contributed by atoms with Crippen LogP contribution in [0.1, 0.15) is 83.1 Å². The van der Waals surface area contributed by atoms with Crippen LogP contribution < -0.4 is 10.6 Å². The summed E-state index contributed by atoms with van der Waals surface area (Å²) in [5, 5.41) is 0.626. The summed E-state index contributed by atoms with van der Waals surface area (Å²) in [5.41, 5.74) is 2.16. The first-order valence-corrected chi connectivity index (χ1v) is 15.0. The SMILES string of the molecule is CC(C)(C)P(=O)(c1ccc(-c2ccc(P(=O)(C(C)(C)C)C(C)(C)C)cc2)cc1)C(C)(C)C. The highest BCUT2D eigenvalue weighted by molar-refractivity contribution is 7.74. The van der Waals surface area contributed by atoms with E-state index in [9.17, 15) is 9.13 Å². The molecule has 2 rings (SSSR count). The van der Waals surface area contributed by atoms with Crippen molar-refractivity contribution in [3.05, 3.63) is 48.5 Å². The van der Waals surface area contributed by atoms with E-state index >= 15 is 0 Å². The highest BCUT2D eigenvalue weighted by Crippen LogP contribution is 2.66. The number of hydrogen-bond donors (Lipinski definition) is 0. The second-order valence-electron chi connectivity index (χ2n) is 13.0. The molecule has 0 N–H and O–H groups in total. The van der Waals surface area contributed by atoms with Gasteiger partial charge in [-0.2, -0.15) is 0 Å². The number of rotatable bonds is 3. The Morgan fingerprint density at radius 2 is 0.594 bits per heavy atom. The van der Waals surface area contributed by atoms with Crippen molar-refractivity contribution in [2.75, 3.05) is 0 Å². The Morgan fingerprint density at radius 1 is 0.406 bits per heavy atom. The molecule has 0 aromatic heterocycles. The molecule has 2 aromatic carbocycles. The minimum absolute atomic E-state index is 0.310. The molecule has 0 saturated carbocycles. The van der Waals surface area contributed by atoms with E-state index in [4.69, 9.17) is 0 Å². The van der Waals surface area contributed by atoms with Gasteiger partial charge in [0.25, 0.3) is 0 Å². The van der Waals surface area contributed by atoms with Gasteiger partial charge in [-0.15, -0.1) is 0 Å². The van der Waals surface area contributed by atoms with E-state index in [1.54, 1.807) is 0 Å². The molecule has 0 aliphatic carbocycles. The molecule has 0 bridgehead atoms. The second-order valence-corrected chi connectivity index (χ2v) is 21.8.